The average Bonchev–Trinajstić information content (AvgIpc) is 3.05. The molecule has 1 N–H and O–H groups in total. The van der Waals surface area contributed by atoms with Crippen LogP contribution in [0.3, 0.4) is 0 Å². The first-order chi connectivity index (χ1) is 11.7. The fourth-order valence-corrected chi connectivity index (χ4v) is 3.93. The zero-order chi connectivity index (χ0) is 16.5. The van der Waals surface area contributed by atoms with Crippen LogP contribution in [0.25, 0.3) is 0 Å². The fraction of sp³-hybridized carbons (Fsp3) is 0.400. The first kappa shape index (κ1) is 15.5. The average molecular weight is 325 g/mol. The van der Waals surface area contributed by atoms with Crippen LogP contribution in [-0.4, -0.2) is 24.1 Å². The summed E-state index contributed by atoms with van der Waals surface area (Å²) in [5.41, 5.74) is 8.33. The highest BCUT2D eigenvalue weighted by Gasteiger charge is 2.29. The van der Waals surface area contributed by atoms with Gasteiger partial charge in [-0.3, -0.25) is 0 Å². The predicted octanol–water partition coefficient (Wildman–Crippen LogP) is 4.20. The van der Waals surface area contributed by atoms with E-state index in [9.17, 15) is 4.39 Å². The molecule has 0 aliphatic carbocycles. The SMILES string of the molecule is CCc1ccccc1N1CCC(N2Cc3ccc(F)cc3N2)CC1. The van der Waals surface area contributed by atoms with E-state index < -0.39 is 0 Å². The van der Waals surface area contributed by atoms with Crippen molar-refractivity contribution in [3.63, 3.8) is 0 Å². The van der Waals surface area contributed by atoms with E-state index in [4.69, 9.17) is 0 Å². The standard InChI is InChI=1S/C20H24FN3/c1-2-15-5-3-4-6-20(15)23-11-9-18(10-12-23)24-14-16-7-8-17(21)13-19(16)22-24/h3-8,13,18,22H,2,9-12,14H2,1H3. The highest BCUT2D eigenvalue weighted by atomic mass is 19.1. The normalized spacial score (nSPS) is 18.5. The number of rotatable bonds is 3. The Hall–Kier alpha value is -2.07. The van der Waals surface area contributed by atoms with Crippen molar-refractivity contribution < 1.29 is 4.39 Å². The van der Waals surface area contributed by atoms with Crippen LogP contribution >= 0.6 is 0 Å². The van der Waals surface area contributed by atoms with Gasteiger partial charge in [0.2, 0.25) is 0 Å². The number of halogens is 1. The molecule has 0 atom stereocenters. The number of benzene rings is 2. The number of aryl methyl sites for hydroxylation is 1. The van der Waals surface area contributed by atoms with Crippen LogP contribution in [-0.2, 0) is 13.0 Å². The number of fused-ring (bicyclic) bond motifs is 1. The summed E-state index contributed by atoms with van der Waals surface area (Å²) in [4.78, 5) is 2.51. The lowest BCUT2D eigenvalue weighted by molar-refractivity contribution is 0.210. The molecule has 2 aromatic rings. The second-order valence-corrected chi connectivity index (χ2v) is 6.74. The fourth-order valence-electron chi connectivity index (χ4n) is 3.93. The van der Waals surface area contributed by atoms with E-state index in [0.717, 1.165) is 44.6 Å². The minimum Gasteiger partial charge on any atom is -0.371 e. The first-order valence-electron chi connectivity index (χ1n) is 8.89. The molecule has 4 heteroatoms. The number of nitrogens with one attached hydrogen (secondary N) is 1. The summed E-state index contributed by atoms with van der Waals surface area (Å²) in [6, 6.07) is 14.3. The lowest BCUT2D eigenvalue weighted by atomic mass is 10.0. The van der Waals surface area contributed by atoms with Crippen molar-refractivity contribution in [2.75, 3.05) is 23.4 Å². The van der Waals surface area contributed by atoms with Crippen LogP contribution in [0.5, 0.6) is 0 Å². The second kappa shape index (κ2) is 6.44. The molecule has 0 amide bonds. The molecule has 126 valence electrons. The lowest BCUT2D eigenvalue weighted by Gasteiger charge is -2.38. The smallest absolute Gasteiger partial charge is 0.125 e. The number of anilines is 2. The number of nitrogens with zero attached hydrogens (tertiary/aromatic N) is 2. The minimum atomic E-state index is -0.172. The Morgan fingerprint density at radius 3 is 2.71 bits per heavy atom. The lowest BCUT2D eigenvalue weighted by Crippen LogP contribution is -2.45. The van der Waals surface area contributed by atoms with Gasteiger partial charge in [0.05, 0.1) is 5.69 Å². The highest BCUT2D eigenvalue weighted by molar-refractivity contribution is 5.55. The Labute approximate surface area is 143 Å². The molecular weight excluding hydrogens is 301 g/mol. The van der Waals surface area contributed by atoms with Crippen molar-refractivity contribution in [1.82, 2.24) is 5.01 Å². The maximum atomic E-state index is 13.4. The van der Waals surface area contributed by atoms with Gasteiger partial charge in [-0.2, -0.15) is 0 Å². The number of hydrazine groups is 1. The number of piperidine rings is 1. The molecule has 0 radical (unpaired) electrons. The Morgan fingerprint density at radius 1 is 1.12 bits per heavy atom. The maximum absolute atomic E-state index is 13.4. The molecule has 2 aromatic carbocycles. The molecule has 2 heterocycles. The molecular formula is C20H24FN3. The molecule has 4 rings (SSSR count). The van der Waals surface area contributed by atoms with Crippen LogP contribution < -0.4 is 10.3 Å². The third kappa shape index (κ3) is 2.86. The summed E-state index contributed by atoms with van der Waals surface area (Å²) in [5.74, 6) is -0.172. The highest BCUT2D eigenvalue weighted by Crippen LogP contribution is 2.31. The van der Waals surface area contributed by atoms with Gasteiger partial charge < -0.3 is 10.3 Å². The number of para-hydroxylation sites is 1. The van der Waals surface area contributed by atoms with Gasteiger partial charge in [-0.05, 0) is 48.6 Å². The topological polar surface area (TPSA) is 18.5 Å². The summed E-state index contributed by atoms with van der Waals surface area (Å²) in [7, 11) is 0. The third-order valence-corrected chi connectivity index (χ3v) is 5.30. The summed E-state index contributed by atoms with van der Waals surface area (Å²) >= 11 is 0. The quantitative estimate of drug-likeness (QED) is 0.912. The molecule has 24 heavy (non-hydrogen) atoms. The van der Waals surface area contributed by atoms with E-state index in [0.29, 0.717) is 6.04 Å². The zero-order valence-corrected chi connectivity index (χ0v) is 14.1. The Balaban J connectivity index is 1.40. The second-order valence-electron chi connectivity index (χ2n) is 6.74. The molecule has 0 spiro atoms. The van der Waals surface area contributed by atoms with Crippen molar-refractivity contribution >= 4 is 11.4 Å². The third-order valence-electron chi connectivity index (χ3n) is 5.30. The molecule has 0 bridgehead atoms. The Bertz CT molecular complexity index is 723. The van der Waals surface area contributed by atoms with Gasteiger partial charge in [0, 0.05) is 31.4 Å². The molecule has 0 aromatic heterocycles. The Kier molecular flexibility index (Phi) is 4.15. The molecule has 1 saturated heterocycles. The van der Waals surface area contributed by atoms with Crippen LogP contribution in [0.15, 0.2) is 42.5 Å². The van der Waals surface area contributed by atoms with Crippen molar-refractivity contribution in [2.45, 2.75) is 38.8 Å². The van der Waals surface area contributed by atoms with Gasteiger partial charge in [-0.25, -0.2) is 9.40 Å². The van der Waals surface area contributed by atoms with Gasteiger partial charge in [0.25, 0.3) is 0 Å². The van der Waals surface area contributed by atoms with Crippen LogP contribution in [0.1, 0.15) is 30.9 Å². The summed E-state index contributed by atoms with van der Waals surface area (Å²) in [5, 5.41) is 2.28. The largest absolute Gasteiger partial charge is 0.371 e. The Morgan fingerprint density at radius 2 is 1.92 bits per heavy atom. The summed E-state index contributed by atoms with van der Waals surface area (Å²) < 4.78 is 13.4. The monoisotopic (exact) mass is 325 g/mol. The number of hydrogen-bond acceptors (Lipinski definition) is 3. The van der Waals surface area contributed by atoms with Gasteiger partial charge in [-0.15, -0.1) is 0 Å². The number of hydrogen-bond donors (Lipinski definition) is 1. The molecule has 0 unspecified atom stereocenters. The molecule has 1 fully saturated rings. The van der Waals surface area contributed by atoms with E-state index in [1.165, 1.54) is 16.8 Å². The van der Waals surface area contributed by atoms with Gasteiger partial charge >= 0.3 is 0 Å². The van der Waals surface area contributed by atoms with E-state index in [1.807, 2.05) is 6.07 Å². The molecule has 3 nitrogen and oxygen atoms in total. The predicted molar refractivity (Wildman–Crippen MR) is 96.6 cm³/mol. The molecule has 2 aliphatic heterocycles. The molecule has 2 aliphatic rings. The van der Waals surface area contributed by atoms with Gasteiger partial charge in [0.15, 0.2) is 0 Å². The summed E-state index contributed by atoms with van der Waals surface area (Å²) in [6.45, 7) is 5.23. The van der Waals surface area contributed by atoms with Gasteiger partial charge in [0.1, 0.15) is 5.82 Å². The van der Waals surface area contributed by atoms with Crippen molar-refractivity contribution in [1.29, 1.82) is 0 Å². The van der Waals surface area contributed by atoms with E-state index in [-0.39, 0.29) is 5.82 Å². The maximum Gasteiger partial charge on any atom is 0.125 e. The molecule has 0 saturated carbocycles. The van der Waals surface area contributed by atoms with Crippen molar-refractivity contribution in [2.24, 2.45) is 0 Å². The first-order valence-corrected chi connectivity index (χ1v) is 8.89. The summed E-state index contributed by atoms with van der Waals surface area (Å²) in [6.07, 6.45) is 3.33. The van der Waals surface area contributed by atoms with Crippen LogP contribution in [0.4, 0.5) is 15.8 Å². The van der Waals surface area contributed by atoms with E-state index in [1.54, 1.807) is 12.1 Å². The van der Waals surface area contributed by atoms with Crippen LogP contribution in [0.2, 0.25) is 0 Å². The van der Waals surface area contributed by atoms with Gasteiger partial charge in [-0.1, -0.05) is 31.2 Å². The van der Waals surface area contributed by atoms with Crippen molar-refractivity contribution in [3.05, 3.63) is 59.4 Å². The van der Waals surface area contributed by atoms with E-state index in [2.05, 4.69) is 46.5 Å². The zero-order valence-electron chi connectivity index (χ0n) is 14.1. The van der Waals surface area contributed by atoms with E-state index >= 15 is 0 Å². The van der Waals surface area contributed by atoms with Crippen LogP contribution in [0, 0.1) is 5.82 Å². The van der Waals surface area contributed by atoms with Crippen molar-refractivity contribution in [3.8, 4) is 0 Å². The minimum absolute atomic E-state index is 0.172.